The lowest BCUT2D eigenvalue weighted by Crippen LogP contribution is -2.31. The summed E-state index contributed by atoms with van der Waals surface area (Å²) in [6.45, 7) is 1.92. The van der Waals surface area contributed by atoms with Gasteiger partial charge in [-0.2, -0.15) is 10.1 Å². The molecule has 1 aliphatic rings. The molecule has 0 bridgehead atoms. The Morgan fingerprint density at radius 2 is 2.07 bits per heavy atom. The number of amides is 1. The van der Waals surface area contributed by atoms with Crippen molar-refractivity contribution in [3.63, 3.8) is 0 Å². The molecule has 3 aromatic heterocycles. The van der Waals surface area contributed by atoms with Crippen LogP contribution >= 0.6 is 0 Å². The topological polar surface area (TPSA) is 118 Å². The molecule has 1 aliphatic heterocycles. The number of carbonyl (C=O) groups is 1. The molecule has 0 radical (unpaired) electrons. The number of nitrogens with one attached hydrogen (secondary N) is 2. The van der Waals surface area contributed by atoms with Gasteiger partial charge in [0.2, 0.25) is 5.95 Å². The van der Waals surface area contributed by atoms with Crippen LogP contribution in [0.25, 0.3) is 0 Å². The Balaban J connectivity index is 1.74. The number of pyridine rings is 2. The van der Waals surface area contributed by atoms with Gasteiger partial charge in [0.1, 0.15) is 6.04 Å². The van der Waals surface area contributed by atoms with Gasteiger partial charge in [-0.1, -0.05) is 0 Å². The summed E-state index contributed by atoms with van der Waals surface area (Å²) in [6.07, 6.45) is 7.75. The maximum Gasteiger partial charge on any atom is 0.255 e. The molecule has 1 amide bonds. The highest BCUT2D eigenvalue weighted by molar-refractivity contribution is 6.05. The summed E-state index contributed by atoms with van der Waals surface area (Å²) in [5, 5.41) is 19.8. The summed E-state index contributed by atoms with van der Waals surface area (Å²) in [5.74, 6) is 0.931. The van der Waals surface area contributed by atoms with Crippen molar-refractivity contribution in [3.05, 3.63) is 71.7 Å². The average Bonchev–Trinajstić information content (AvgIpc) is 3.14. The van der Waals surface area contributed by atoms with Gasteiger partial charge < -0.3 is 15.7 Å². The monoisotopic (exact) mass is 391 g/mol. The first-order chi connectivity index (χ1) is 14.2. The van der Waals surface area contributed by atoms with Crippen LogP contribution in [0.2, 0.25) is 0 Å². The van der Waals surface area contributed by atoms with Crippen molar-refractivity contribution in [3.8, 4) is 0 Å². The maximum absolute atomic E-state index is 13.2. The minimum Gasteiger partial charge on any atom is -0.396 e. The fraction of sp³-hybridized carbons (Fsp3) is 0.250. The van der Waals surface area contributed by atoms with E-state index in [0.29, 0.717) is 41.6 Å². The minimum absolute atomic E-state index is 0.0706. The van der Waals surface area contributed by atoms with Crippen molar-refractivity contribution in [2.45, 2.75) is 25.8 Å². The second kappa shape index (κ2) is 8.19. The first-order valence-corrected chi connectivity index (χ1v) is 9.32. The van der Waals surface area contributed by atoms with Crippen LogP contribution in [0, 0.1) is 0 Å². The van der Waals surface area contributed by atoms with E-state index in [0.717, 1.165) is 5.56 Å². The highest BCUT2D eigenvalue weighted by Gasteiger charge is 2.34. The Morgan fingerprint density at radius 1 is 1.24 bits per heavy atom. The summed E-state index contributed by atoms with van der Waals surface area (Å²) >= 11 is 0. The first kappa shape index (κ1) is 18.8. The van der Waals surface area contributed by atoms with Crippen LogP contribution in [0.15, 0.2) is 60.3 Å². The molecule has 0 saturated heterocycles. The zero-order chi connectivity index (χ0) is 20.2. The van der Waals surface area contributed by atoms with Crippen LogP contribution in [0.5, 0.6) is 0 Å². The van der Waals surface area contributed by atoms with E-state index in [2.05, 4.69) is 30.7 Å². The summed E-state index contributed by atoms with van der Waals surface area (Å²) < 4.78 is 1.72. The molecule has 9 nitrogen and oxygen atoms in total. The maximum atomic E-state index is 13.2. The van der Waals surface area contributed by atoms with E-state index < -0.39 is 6.04 Å². The molecule has 4 rings (SSSR count). The zero-order valence-electron chi connectivity index (χ0n) is 15.9. The summed E-state index contributed by atoms with van der Waals surface area (Å²) in [6, 6.07) is 6.81. The summed E-state index contributed by atoms with van der Waals surface area (Å²) in [4.78, 5) is 25.9. The van der Waals surface area contributed by atoms with Crippen LogP contribution in [0.3, 0.4) is 0 Å². The number of aromatic nitrogens is 5. The minimum atomic E-state index is -0.457. The molecule has 1 unspecified atom stereocenters. The number of nitrogens with zero attached hydrogens (tertiary/aromatic N) is 5. The van der Waals surface area contributed by atoms with Crippen LogP contribution in [-0.2, 0) is 11.2 Å². The van der Waals surface area contributed by atoms with Gasteiger partial charge in [0.15, 0.2) is 5.82 Å². The number of hydrogen-bond donors (Lipinski definition) is 3. The summed E-state index contributed by atoms with van der Waals surface area (Å²) in [7, 11) is 0. The Kier molecular flexibility index (Phi) is 5.30. The molecule has 4 heterocycles. The van der Waals surface area contributed by atoms with Gasteiger partial charge in [0, 0.05) is 37.3 Å². The van der Waals surface area contributed by atoms with Crippen molar-refractivity contribution in [2.75, 3.05) is 17.2 Å². The van der Waals surface area contributed by atoms with E-state index in [4.69, 9.17) is 5.11 Å². The zero-order valence-corrected chi connectivity index (χ0v) is 15.9. The predicted octanol–water partition coefficient (Wildman–Crippen LogP) is 1.92. The van der Waals surface area contributed by atoms with E-state index in [1.54, 1.807) is 41.6 Å². The molecular weight excluding hydrogens is 370 g/mol. The number of allylic oxidation sites excluding steroid dienone is 1. The van der Waals surface area contributed by atoms with Crippen LogP contribution in [-0.4, -0.2) is 42.4 Å². The quantitative estimate of drug-likeness (QED) is 0.587. The van der Waals surface area contributed by atoms with Crippen molar-refractivity contribution in [1.29, 1.82) is 0 Å². The Hall–Kier alpha value is -3.59. The molecule has 3 N–H and O–H groups in total. The average molecular weight is 391 g/mol. The number of hydrogen-bond acceptors (Lipinski definition) is 7. The van der Waals surface area contributed by atoms with Crippen LogP contribution in [0.1, 0.15) is 30.8 Å². The Bertz CT molecular complexity index is 1030. The fourth-order valence-electron chi connectivity index (χ4n) is 3.32. The standard InChI is InChI=1S/C20H21N7O2/c1-13-17(19(29)24-15-4-2-8-22-12-15)18(14-6-9-21-10-7-14)27-20(23-13)25-16(26-27)5-3-11-28/h2,4,6-10,12,18,28H,3,5,11H2,1H3,(H,24,29)(H,23,25,26). The van der Waals surface area contributed by atoms with Gasteiger partial charge in [-0.3, -0.25) is 14.8 Å². The molecule has 1 atom stereocenters. The molecular formula is C20H21N7O2. The van der Waals surface area contributed by atoms with Gasteiger partial charge in [-0.05, 0) is 43.2 Å². The number of aliphatic hydroxyl groups is 1. The van der Waals surface area contributed by atoms with E-state index >= 15 is 0 Å². The molecule has 0 aromatic carbocycles. The second-order valence-electron chi connectivity index (χ2n) is 6.67. The second-order valence-corrected chi connectivity index (χ2v) is 6.67. The Morgan fingerprint density at radius 3 is 2.79 bits per heavy atom. The number of anilines is 2. The van der Waals surface area contributed by atoms with Crippen LogP contribution < -0.4 is 10.6 Å². The number of aryl methyl sites for hydroxylation is 1. The normalized spacial score (nSPS) is 15.6. The number of aliphatic hydroxyl groups excluding tert-OH is 1. The third kappa shape index (κ3) is 3.85. The van der Waals surface area contributed by atoms with Crippen molar-refractivity contribution < 1.29 is 9.90 Å². The number of carbonyl (C=O) groups excluding carboxylic acids is 1. The van der Waals surface area contributed by atoms with E-state index in [-0.39, 0.29) is 12.5 Å². The largest absolute Gasteiger partial charge is 0.396 e. The highest BCUT2D eigenvalue weighted by atomic mass is 16.3. The molecule has 148 valence electrons. The highest BCUT2D eigenvalue weighted by Crippen LogP contribution is 2.35. The molecule has 29 heavy (non-hydrogen) atoms. The lowest BCUT2D eigenvalue weighted by molar-refractivity contribution is -0.113. The van der Waals surface area contributed by atoms with E-state index in [9.17, 15) is 4.79 Å². The SMILES string of the molecule is CC1=C(C(=O)Nc2cccnc2)C(c2ccncc2)n2nc(CCCO)nc2N1. The first-order valence-electron chi connectivity index (χ1n) is 9.32. The van der Waals surface area contributed by atoms with Gasteiger partial charge in [0.25, 0.3) is 5.91 Å². The molecule has 0 aliphatic carbocycles. The lowest BCUT2D eigenvalue weighted by Gasteiger charge is -2.28. The molecule has 0 spiro atoms. The van der Waals surface area contributed by atoms with Gasteiger partial charge in [-0.15, -0.1) is 0 Å². The van der Waals surface area contributed by atoms with Gasteiger partial charge in [0.05, 0.1) is 17.5 Å². The number of rotatable bonds is 6. The molecule has 3 aromatic rings. The third-order valence-electron chi connectivity index (χ3n) is 4.64. The fourth-order valence-corrected chi connectivity index (χ4v) is 3.32. The van der Waals surface area contributed by atoms with Crippen molar-refractivity contribution >= 4 is 17.5 Å². The lowest BCUT2D eigenvalue weighted by atomic mass is 9.96. The van der Waals surface area contributed by atoms with Gasteiger partial charge in [-0.25, -0.2) is 4.68 Å². The molecule has 0 saturated carbocycles. The van der Waals surface area contributed by atoms with Crippen molar-refractivity contribution in [1.82, 2.24) is 24.7 Å². The Labute approximate surface area is 167 Å². The predicted molar refractivity (Wildman–Crippen MR) is 107 cm³/mol. The summed E-state index contributed by atoms with van der Waals surface area (Å²) in [5.41, 5.74) is 2.71. The van der Waals surface area contributed by atoms with E-state index in [1.807, 2.05) is 19.1 Å². The molecule has 0 fully saturated rings. The third-order valence-corrected chi connectivity index (χ3v) is 4.64. The van der Waals surface area contributed by atoms with E-state index in [1.165, 1.54) is 0 Å². The van der Waals surface area contributed by atoms with Crippen molar-refractivity contribution in [2.24, 2.45) is 0 Å². The van der Waals surface area contributed by atoms with Gasteiger partial charge >= 0.3 is 0 Å². The smallest absolute Gasteiger partial charge is 0.255 e. The van der Waals surface area contributed by atoms with Crippen LogP contribution in [0.4, 0.5) is 11.6 Å². The number of fused-ring (bicyclic) bond motifs is 1. The molecule has 9 heteroatoms.